The zero-order chi connectivity index (χ0) is 24.3. The minimum Gasteiger partial charge on any atom is -0.486 e. The molecular formula is C27H48N2O4. The third-order valence-corrected chi connectivity index (χ3v) is 6.20. The third-order valence-electron chi connectivity index (χ3n) is 6.20. The van der Waals surface area contributed by atoms with E-state index in [0.29, 0.717) is 36.7 Å². The Balaban J connectivity index is 0.000000273. The molecule has 6 heteroatoms. The van der Waals surface area contributed by atoms with Gasteiger partial charge in [0.25, 0.3) is 0 Å². The molecule has 1 saturated heterocycles. The van der Waals surface area contributed by atoms with Crippen LogP contribution in [-0.4, -0.2) is 55.8 Å². The molecule has 2 aliphatic heterocycles. The Hall–Kier alpha value is -1.79. The topological polar surface area (TPSA) is 71.0 Å². The van der Waals surface area contributed by atoms with Gasteiger partial charge in [-0.05, 0) is 50.6 Å². The molecule has 0 radical (unpaired) electrons. The summed E-state index contributed by atoms with van der Waals surface area (Å²) in [5.74, 6) is 1.32. The van der Waals surface area contributed by atoms with E-state index in [-0.39, 0.29) is 6.54 Å². The van der Waals surface area contributed by atoms with Crippen molar-refractivity contribution in [3.05, 3.63) is 23.8 Å². The van der Waals surface area contributed by atoms with E-state index < -0.39 is 6.10 Å². The van der Waals surface area contributed by atoms with Gasteiger partial charge in [-0.1, -0.05) is 71.8 Å². The third kappa shape index (κ3) is 12.3. The summed E-state index contributed by atoms with van der Waals surface area (Å²) >= 11 is 0. The second kappa shape index (κ2) is 18.6. The molecule has 33 heavy (non-hydrogen) atoms. The number of hydrogen-bond acceptors (Lipinski definition) is 5. The molecule has 1 fully saturated rings. The first kappa shape index (κ1) is 29.2. The molecule has 0 spiro atoms. The van der Waals surface area contributed by atoms with Crippen LogP contribution in [0.15, 0.2) is 18.2 Å². The summed E-state index contributed by atoms with van der Waals surface area (Å²) in [4.78, 5) is 12.6. The summed E-state index contributed by atoms with van der Waals surface area (Å²) < 4.78 is 10.8. The number of fused-ring (bicyclic) bond motifs is 1. The summed E-state index contributed by atoms with van der Waals surface area (Å²) in [5, 5.41) is 12.2. The van der Waals surface area contributed by atoms with Gasteiger partial charge in [-0.15, -0.1) is 0 Å². The summed E-state index contributed by atoms with van der Waals surface area (Å²) in [6.07, 6.45) is 13.9. The molecule has 1 aromatic carbocycles. The lowest BCUT2D eigenvalue weighted by Crippen LogP contribution is -2.35. The molecule has 0 saturated carbocycles. The van der Waals surface area contributed by atoms with Crippen molar-refractivity contribution in [3.63, 3.8) is 0 Å². The van der Waals surface area contributed by atoms with Crippen molar-refractivity contribution < 1.29 is 19.4 Å². The number of aliphatic hydroxyl groups is 1. The Bertz CT molecular complexity index is 620. The van der Waals surface area contributed by atoms with Crippen LogP contribution in [0.3, 0.4) is 0 Å². The Morgan fingerprint density at radius 2 is 1.73 bits per heavy atom. The number of hydrogen-bond donors (Lipinski definition) is 2. The van der Waals surface area contributed by atoms with Gasteiger partial charge in [0.05, 0.1) is 6.10 Å². The monoisotopic (exact) mass is 464 g/mol. The van der Waals surface area contributed by atoms with E-state index in [9.17, 15) is 9.90 Å². The van der Waals surface area contributed by atoms with Crippen molar-refractivity contribution in [1.82, 2.24) is 10.2 Å². The van der Waals surface area contributed by atoms with Gasteiger partial charge in [-0.2, -0.15) is 0 Å². The Morgan fingerprint density at radius 3 is 2.27 bits per heavy atom. The molecule has 6 nitrogen and oxygen atoms in total. The van der Waals surface area contributed by atoms with Gasteiger partial charge in [-0.25, -0.2) is 0 Å². The largest absolute Gasteiger partial charge is 0.486 e. The van der Waals surface area contributed by atoms with Crippen molar-refractivity contribution in [1.29, 1.82) is 0 Å². The van der Waals surface area contributed by atoms with Gasteiger partial charge in [0.1, 0.15) is 13.2 Å². The number of ether oxygens (including phenoxy) is 2. The van der Waals surface area contributed by atoms with Gasteiger partial charge in [0.2, 0.25) is 6.41 Å². The highest BCUT2D eigenvalue weighted by atomic mass is 16.6. The van der Waals surface area contributed by atoms with Gasteiger partial charge >= 0.3 is 0 Å². The standard InChI is InChI=1S/C11H13NO4.C8H17N.C8H18/c13-7-12-6-9(14)8-1-2-10-11(5-8)16-4-3-15-10;1-3-8-6-4-5-7-9(8)2;1-3-5-7-8-6-4-2/h1-2,5,7,9,14H,3-4,6H2,(H,12,13);8H,3-7H2,1-2H3;3-8H2,1-2H3. The average Bonchev–Trinajstić information content (AvgIpc) is 2.86. The maximum Gasteiger partial charge on any atom is 0.207 e. The summed E-state index contributed by atoms with van der Waals surface area (Å²) in [6.45, 7) is 9.35. The Kier molecular flexibility index (Phi) is 16.5. The zero-order valence-electron chi connectivity index (χ0n) is 21.5. The molecule has 0 aliphatic carbocycles. The number of nitrogens with zero attached hydrogens (tertiary/aromatic N) is 1. The number of rotatable bonds is 10. The van der Waals surface area contributed by atoms with Gasteiger partial charge in [-0.3, -0.25) is 4.79 Å². The van der Waals surface area contributed by atoms with E-state index in [1.807, 2.05) is 0 Å². The summed E-state index contributed by atoms with van der Waals surface area (Å²) in [5.41, 5.74) is 0.693. The lowest BCUT2D eigenvalue weighted by atomic mass is 10.0. The second-order valence-corrected chi connectivity index (χ2v) is 8.90. The molecule has 2 atom stereocenters. The number of nitrogens with one attached hydrogen (secondary N) is 1. The van der Waals surface area contributed by atoms with Gasteiger partial charge in [0, 0.05) is 12.6 Å². The smallest absolute Gasteiger partial charge is 0.207 e. The van der Waals surface area contributed by atoms with Crippen LogP contribution >= 0.6 is 0 Å². The molecule has 0 bridgehead atoms. The second-order valence-electron chi connectivity index (χ2n) is 8.90. The lowest BCUT2D eigenvalue weighted by Gasteiger charge is -2.31. The number of carbonyl (C=O) groups excluding carboxylic acids is 1. The van der Waals surface area contributed by atoms with Crippen LogP contribution in [0.1, 0.15) is 96.6 Å². The molecule has 2 unspecified atom stereocenters. The van der Waals surface area contributed by atoms with Crippen LogP contribution in [0.25, 0.3) is 0 Å². The van der Waals surface area contributed by atoms with Crippen molar-refractivity contribution in [2.45, 2.75) is 97.1 Å². The summed E-state index contributed by atoms with van der Waals surface area (Å²) in [6, 6.07) is 6.13. The highest BCUT2D eigenvalue weighted by Crippen LogP contribution is 2.32. The fraction of sp³-hybridized carbons (Fsp3) is 0.741. The van der Waals surface area contributed by atoms with E-state index in [1.165, 1.54) is 70.8 Å². The van der Waals surface area contributed by atoms with E-state index in [4.69, 9.17) is 9.47 Å². The molecule has 190 valence electrons. The predicted octanol–water partition coefficient (Wildman–Crippen LogP) is 5.48. The van der Waals surface area contributed by atoms with Crippen molar-refractivity contribution in [3.8, 4) is 11.5 Å². The first-order chi connectivity index (χ1) is 16.1. The zero-order valence-corrected chi connectivity index (χ0v) is 21.5. The predicted molar refractivity (Wildman–Crippen MR) is 136 cm³/mol. The van der Waals surface area contributed by atoms with Crippen LogP contribution in [0.5, 0.6) is 11.5 Å². The molecule has 2 aliphatic rings. The van der Waals surface area contributed by atoms with E-state index >= 15 is 0 Å². The fourth-order valence-electron chi connectivity index (χ4n) is 4.06. The first-order valence-electron chi connectivity index (χ1n) is 13.0. The molecular weight excluding hydrogens is 416 g/mol. The van der Waals surface area contributed by atoms with Crippen LogP contribution in [0.2, 0.25) is 0 Å². The van der Waals surface area contributed by atoms with E-state index in [0.717, 1.165) is 6.04 Å². The number of unbranched alkanes of at least 4 members (excludes halogenated alkanes) is 5. The van der Waals surface area contributed by atoms with Crippen molar-refractivity contribution >= 4 is 6.41 Å². The van der Waals surface area contributed by atoms with E-state index in [2.05, 4.69) is 38.0 Å². The molecule has 1 amide bonds. The van der Waals surface area contributed by atoms with Crippen LogP contribution in [-0.2, 0) is 4.79 Å². The first-order valence-corrected chi connectivity index (χ1v) is 13.0. The van der Waals surface area contributed by atoms with Gasteiger partial charge < -0.3 is 24.8 Å². The fourth-order valence-corrected chi connectivity index (χ4v) is 4.06. The number of amides is 1. The van der Waals surface area contributed by atoms with Crippen LogP contribution < -0.4 is 14.8 Å². The van der Waals surface area contributed by atoms with Gasteiger partial charge in [0.15, 0.2) is 11.5 Å². The maximum absolute atomic E-state index is 10.1. The molecule has 2 heterocycles. The number of aliphatic hydroxyl groups excluding tert-OH is 1. The minimum absolute atomic E-state index is 0.184. The van der Waals surface area contributed by atoms with Crippen molar-refractivity contribution in [2.75, 3.05) is 33.4 Å². The van der Waals surface area contributed by atoms with E-state index in [1.54, 1.807) is 18.2 Å². The molecule has 3 rings (SSSR count). The quantitative estimate of drug-likeness (QED) is 0.354. The highest BCUT2D eigenvalue weighted by Gasteiger charge is 2.16. The highest BCUT2D eigenvalue weighted by molar-refractivity contribution is 5.47. The number of piperidine rings is 1. The maximum atomic E-state index is 10.1. The normalized spacial score (nSPS) is 18.2. The Labute approximate surface area is 202 Å². The van der Waals surface area contributed by atoms with Crippen LogP contribution in [0, 0.1) is 0 Å². The number of carbonyl (C=O) groups is 1. The minimum atomic E-state index is -0.735. The molecule has 2 N–H and O–H groups in total. The molecule has 1 aromatic rings. The lowest BCUT2D eigenvalue weighted by molar-refractivity contribution is -0.109. The Morgan fingerprint density at radius 1 is 1.06 bits per heavy atom. The van der Waals surface area contributed by atoms with Crippen molar-refractivity contribution in [2.24, 2.45) is 0 Å². The number of likely N-dealkylation sites (tertiary alicyclic amines) is 1. The van der Waals surface area contributed by atoms with Crippen LogP contribution in [0.4, 0.5) is 0 Å². The molecule has 0 aromatic heterocycles. The number of benzene rings is 1. The summed E-state index contributed by atoms with van der Waals surface area (Å²) in [7, 11) is 2.24. The SMILES string of the molecule is CCC1CCCCN1C.CCCCCCCC.O=CNCC(O)c1ccc2c(c1)OCCO2. The average molecular weight is 465 g/mol.